The Labute approximate surface area is 163 Å². The van der Waals surface area contributed by atoms with Gasteiger partial charge in [0.15, 0.2) is 17.3 Å². The number of aromatic nitrogens is 4. The molecule has 3 aromatic rings. The van der Waals surface area contributed by atoms with Crippen LogP contribution in [-0.4, -0.2) is 40.9 Å². The van der Waals surface area contributed by atoms with Crippen LogP contribution in [-0.2, 0) is 19.5 Å². The molecule has 0 saturated heterocycles. The maximum atomic E-state index is 5.43. The number of anilines is 2. The molecule has 0 amide bonds. The first-order valence-corrected chi connectivity index (χ1v) is 9.08. The minimum Gasteiger partial charge on any atom is -0.493 e. The molecule has 144 valence electrons. The third kappa shape index (κ3) is 3.80. The summed E-state index contributed by atoms with van der Waals surface area (Å²) in [4.78, 5) is 10.8. The van der Waals surface area contributed by atoms with E-state index in [1.54, 1.807) is 32.8 Å². The first-order valence-electron chi connectivity index (χ1n) is 9.08. The zero-order valence-electron chi connectivity index (χ0n) is 15.9. The van der Waals surface area contributed by atoms with E-state index in [2.05, 4.69) is 36.4 Å². The van der Waals surface area contributed by atoms with Crippen molar-refractivity contribution in [2.24, 2.45) is 0 Å². The Kier molecular flexibility index (Phi) is 5.18. The third-order valence-corrected chi connectivity index (χ3v) is 4.77. The fourth-order valence-electron chi connectivity index (χ4n) is 3.26. The summed E-state index contributed by atoms with van der Waals surface area (Å²) in [6.45, 7) is 2.17. The summed E-state index contributed by atoms with van der Waals surface area (Å²) in [5, 5.41) is 11.6. The number of methoxy groups -OCH3 is 2. The lowest BCUT2D eigenvalue weighted by Gasteiger charge is -2.29. The minimum absolute atomic E-state index is 0.611. The van der Waals surface area contributed by atoms with E-state index in [1.165, 1.54) is 11.1 Å². The molecule has 4 rings (SSSR count). The highest BCUT2D eigenvalue weighted by Gasteiger charge is 2.21. The monoisotopic (exact) mass is 378 g/mol. The SMILES string of the molecule is COc1cc2c(cc1OC)CN(c1nncc(NCc3ccncc3)n1)CC2. The summed E-state index contributed by atoms with van der Waals surface area (Å²) >= 11 is 0. The van der Waals surface area contributed by atoms with Gasteiger partial charge in [0, 0.05) is 32.0 Å². The van der Waals surface area contributed by atoms with Gasteiger partial charge >= 0.3 is 0 Å². The molecule has 0 radical (unpaired) electrons. The van der Waals surface area contributed by atoms with Crippen LogP contribution in [0.5, 0.6) is 11.5 Å². The van der Waals surface area contributed by atoms with Gasteiger partial charge in [-0.3, -0.25) is 4.98 Å². The van der Waals surface area contributed by atoms with Gasteiger partial charge in [0.1, 0.15) is 0 Å². The molecule has 0 fully saturated rings. The average Bonchev–Trinajstić information content (AvgIpc) is 2.77. The topological polar surface area (TPSA) is 85.3 Å². The third-order valence-electron chi connectivity index (χ3n) is 4.77. The standard InChI is InChI=1S/C20H22N6O2/c1-27-17-9-15-5-8-26(13-16(15)10-18(17)28-2)20-24-19(12-23-25-20)22-11-14-3-6-21-7-4-14/h3-4,6-7,9-10,12H,5,8,11,13H2,1-2H3,(H,22,24,25). The van der Waals surface area contributed by atoms with Crippen LogP contribution in [0.2, 0.25) is 0 Å². The molecule has 1 aliphatic rings. The van der Waals surface area contributed by atoms with Crippen LogP contribution in [0.3, 0.4) is 0 Å². The van der Waals surface area contributed by atoms with Gasteiger partial charge in [-0.05, 0) is 47.4 Å². The predicted octanol–water partition coefficient (Wildman–Crippen LogP) is 2.46. The lowest BCUT2D eigenvalue weighted by atomic mass is 9.99. The molecule has 8 nitrogen and oxygen atoms in total. The molecule has 0 bridgehead atoms. The number of pyridine rings is 1. The summed E-state index contributed by atoms with van der Waals surface area (Å²) in [5.41, 5.74) is 3.57. The number of benzene rings is 1. The van der Waals surface area contributed by atoms with Crippen LogP contribution in [0.4, 0.5) is 11.8 Å². The van der Waals surface area contributed by atoms with E-state index in [9.17, 15) is 0 Å². The molecule has 8 heteroatoms. The predicted molar refractivity (Wildman–Crippen MR) is 106 cm³/mol. The Hall–Kier alpha value is -3.42. The summed E-state index contributed by atoms with van der Waals surface area (Å²) in [5.74, 6) is 2.80. The second-order valence-electron chi connectivity index (χ2n) is 6.50. The molecule has 0 unspecified atom stereocenters. The highest BCUT2D eigenvalue weighted by molar-refractivity contribution is 5.51. The van der Waals surface area contributed by atoms with Crippen molar-refractivity contribution in [1.29, 1.82) is 0 Å². The van der Waals surface area contributed by atoms with Crippen LogP contribution >= 0.6 is 0 Å². The van der Waals surface area contributed by atoms with Gasteiger partial charge in [-0.2, -0.15) is 10.1 Å². The van der Waals surface area contributed by atoms with Crippen molar-refractivity contribution in [3.63, 3.8) is 0 Å². The maximum Gasteiger partial charge on any atom is 0.247 e. The number of hydrogen-bond acceptors (Lipinski definition) is 8. The van der Waals surface area contributed by atoms with Gasteiger partial charge in [0.25, 0.3) is 0 Å². The highest BCUT2D eigenvalue weighted by atomic mass is 16.5. The van der Waals surface area contributed by atoms with Crippen molar-refractivity contribution >= 4 is 11.8 Å². The largest absolute Gasteiger partial charge is 0.493 e. The van der Waals surface area contributed by atoms with Gasteiger partial charge in [-0.15, -0.1) is 5.10 Å². The van der Waals surface area contributed by atoms with Gasteiger partial charge in [0.05, 0.1) is 20.4 Å². The van der Waals surface area contributed by atoms with E-state index in [-0.39, 0.29) is 0 Å². The Morgan fingerprint density at radius 1 is 1.07 bits per heavy atom. The van der Waals surface area contributed by atoms with Crippen molar-refractivity contribution < 1.29 is 9.47 Å². The van der Waals surface area contributed by atoms with Crippen molar-refractivity contribution in [1.82, 2.24) is 20.2 Å². The molecule has 0 atom stereocenters. The lowest BCUT2D eigenvalue weighted by Crippen LogP contribution is -2.32. The Bertz CT molecular complexity index is 951. The zero-order chi connectivity index (χ0) is 19.3. The van der Waals surface area contributed by atoms with E-state index in [0.717, 1.165) is 30.0 Å². The molecular weight excluding hydrogens is 356 g/mol. The van der Waals surface area contributed by atoms with E-state index in [0.29, 0.717) is 24.9 Å². The molecule has 2 aromatic heterocycles. The smallest absolute Gasteiger partial charge is 0.247 e. The number of ether oxygens (including phenoxy) is 2. The first kappa shape index (κ1) is 18.0. The van der Waals surface area contributed by atoms with Crippen molar-refractivity contribution in [2.45, 2.75) is 19.5 Å². The van der Waals surface area contributed by atoms with Crippen LogP contribution < -0.4 is 19.7 Å². The Morgan fingerprint density at radius 3 is 2.57 bits per heavy atom. The Balaban J connectivity index is 1.49. The fraction of sp³-hybridized carbons (Fsp3) is 0.300. The molecular formula is C20H22N6O2. The number of nitrogens with one attached hydrogen (secondary N) is 1. The van der Waals surface area contributed by atoms with Crippen LogP contribution in [0.1, 0.15) is 16.7 Å². The van der Waals surface area contributed by atoms with Gasteiger partial charge in [0.2, 0.25) is 5.95 Å². The van der Waals surface area contributed by atoms with Crippen LogP contribution in [0.25, 0.3) is 0 Å². The number of fused-ring (bicyclic) bond motifs is 1. The molecule has 0 spiro atoms. The van der Waals surface area contributed by atoms with E-state index in [1.807, 2.05) is 18.2 Å². The second kappa shape index (κ2) is 8.08. The zero-order valence-corrected chi connectivity index (χ0v) is 15.9. The van der Waals surface area contributed by atoms with Crippen LogP contribution in [0.15, 0.2) is 42.9 Å². The van der Waals surface area contributed by atoms with E-state index < -0.39 is 0 Å². The first-order chi connectivity index (χ1) is 13.8. The van der Waals surface area contributed by atoms with Gasteiger partial charge in [-0.1, -0.05) is 0 Å². The molecule has 0 aliphatic carbocycles. The molecule has 1 N–H and O–H groups in total. The number of rotatable bonds is 6. The summed E-state index contributed by atoms with van der Waals surface area (Å²) < 4.78 is 10.8. The minimum atomic E-state index is 0.611. The van der Waals surface area contributed by atoms with Crippen molar-refractivity contribution in [2.75, 3.05) is 31.0 Å². The summed E-state index contributed by atoms with van der Waals surface area (Å²) in [6.07, 6.45) is 6.06. The summed E-state index contributed by atoms with van der Waals surface area (Å²) in [6, 6.07) is 8.01. The molecule has 3 heterocycles. The van der Waals surface area contributed by atoms with E-state index in [4.69, 9.17) is 9.47 Å². The summed E-state index contributed by atoms with van der Waals surface area (Å²) in [7, 11) is 3.30. The second-order valence-corrected chi connectivity index (χ2v) is 6.50. The number of hydrogen-bond donors (Lipinski definition) is 1. The quantitative estimate of drug-likeness (QED) is 0.700. The van der Waals surface area contributed by atoms with Crippen molar-refractivity contribution in [3.8, 4) is 11.5 Å². The van der Waals surface area contributed by atoms with Crippen LogP contribution in [0, 0.1) is 0 Å². The lowest BCUT2D eigenvalue weighted by molar-refractivity contribution is 0.353. The maximum absolute atomic E-state index is 5.43. The molecule has 0 saturated carbocycles. The van der Waals surface area contributed by atoms with Gasteiger partial charge in [-0.25, -0.2) is 0 Å². The van der Waals surface area contributed by atoms with Gasteiger partial charge < -0.3 is 19.7 Å². The van der Waals surface area contributed by atoms with Crippen molar-refractivity contribution in [3.05, 3.63) is 59.5 Å². The average molecular weight is 378 g/mol. The van der Waals surface area contributed by atoms with E-state index >= 15 is 0 Å². The molecule has 1 aliphatic heterocycles. The molecule has 28 heavy (non-hydrogen) atoms. The molecule has 1 aromatic carbocycles. The Morgan fingerprint density at radius 2 is 1.82 bits per heavy atom. The fourth-order valence-corrected chi connectivity index (χ4v) is 3.26. The highest BCUT2D eigenvalue weighted by Crippen LogP contribution is 2.33. The normalized spacial score (nSPS) is 13.0. The number of nitrogens with zero attached hydrogens (tertiary/aromatic N) is 5.